The molecule has 5 rings (SSSR count). The molecule has 7 nitrogen and oxygen atoms in total. The van der Waals surface area contributed by atoms with Crippen LogP contribution in [0, 0.1) is 25.2 Å². The van der Waals surface area contributed by atoms with Crippen LogP contribution < -0.4 is 19.9 Å². The third-order valence-electron chi connectivity index (χ3n) is 5.54. The summed E-state index contributed by atoms with van der Waals surface area (Å²) in [5, 5.41) is 17.7. The van der Waals surface area contributed by atoms with Crippen LogP contribution in [0.5, 0.6) is 17.4 Å². The van der Waals surface area contributed by atoms with Gasteiger partial charge in [0.1, 0.15) is 11.6 Å². The summed E-state index contributed by atoms with van der Waals surface area (Å²) in [6.07, 6.45) is 0. The molecule has 1 aromatic heterocycles. The van der Waals surface area contributed by atoms with Crippen LogP contribution in [0.3, 0.4) is 0 Å². The molecule has 0 fully saturated rings. The first-order valence-corrected chi connectivity index (χ1v) is 9.68. The van der Waals surface area contributed by atoms with E-state index in [2.05, 4.69) is 29.3 Å². The predicted octanol–water partition coefficient (Wildman–Crippen LogP) is 4.29. The number of aromatic nitrogens is 2. The fourth-order valence-electron chi connectivity index (χ4n) is 3.83. The van der Waals surface area contributed by atoms with E-state index in [9.17, 15) is 5.26 Å². The van der Waals surface area contributed by atoms with Gasteiger partial charge in [-0.2, -0.15) is 5.26 Å². The average molecular weight is 421 g/mol. The highest BCUT2D eigenvalue weighted by Gasteiger charge is 2.37. The molecular formula is C22H17ClN4O3. The molecule has 0 unspecified atom stereocenters. The number of nitriles is 1. The van der Waals surface area contributed by atoms with E-state index in [0.717, 1.165) is 16.8 Å². The lowest BCUT2D eigenvalue weighted by Crippen LogP contribution is -2.21. The standard InChI is InChI=1S/C22H17ClN4O3/c1-10-3-4-12(5-11(10)2)20-19-18(14(8-24)21(25)30-22(19)27-26-20)13-6-16-17(7-15(13)23)29-9-28-16/h3-7,18H,9,25H2,1-2H3,(H,26,27)/t18-/m1/s1. The van der Waals surface area contributed by atoms with Crippen LogP contribution in [0.4, 0.5) is 0 Å². The molecule has 0 amide bonds. The zero-order valence-corrected chi connectivity index (χ0v) is 17.0. The molecule has 8 heteroatoms. The normalized spacial score (nSPS) is 16.8. The first kappa shape index (κ1) is 18.4. The monoisotopic (exact) mass is 420 g/mol. The van der Waals surface area contributed by atoms with Gasteiger partial charge in [0, 0.05) is 16.7 Å². The number of allylic oxidation sites excluding steroid dienone is 1. The fourth-order valence-corrected chi connectivity index (χ4v) is 4.09. The number of H-pyrrole nitrogens is 1. The highest BCUT2D eigenvalue weighted by Crippen LogP contribution is 2.49. The van der Waals surface area contributed by atoms with Crippen molar-refractivity contribution in [3.63, 3.8) is 0 Å². The molecule has 0 aliphatic carbocycles. The number of halogens is 1. The van der Waals surface area contributed by atoms with Crippen LogP contribution >= 0.6 is 11.6 Å². The van der Waals surface area contributed by atoms with E-state index in [1.165, 1.54) is 5.56 Å². The molecule has 0 saturated heterocycles. The van der Waals surface area contributed by atoms with Crippen LogP contribution in [-0.2, 0) is 0 Å². The Morgan fingerprint density at radius 3 is 2.67 bits per heavy atom. The molecule has 2 aliphatic heterocycles. The number of nitrogens with one attached hydrogen (secondary N) is 1. The predicted molar refractivity (Wildman–Crippen MR) is 110 cm³/mol. The zero-order chi connectivity index (χ0) is 21.0. The summed E-state index contributed by atoms with van der Waals surface area (Å²) in [6, 6.07) is 11.8. The second-order valence-electron chi connectivity index (χ2n) is 7.27. The van der Waals surface area contributed by atoms with Crippen molar-refractivity contribution >= 4 is 11.6 Å². The van der Waals surface area contributed by atoms with Crippen LogP contribution in [0.15, 0.2) is 41.8 Å². The Morgan fingerprint density at radius 1 is 1.17 bits per heavy atom. The maximum absolute atomic E-state index is 9.89. The molecule has 3 heterocycles. The van der Waals surface area contributed by atoms with Crippen molar-refractivity contribution in [2.24, 2.45) is 5.73 Å². The molecule has 30 heavy (non-hydrogen) atoms. The van der Waals surface area contributed by atoms with Gasteiger partial charge >= 0.3 is 0 Å². The fraction of sp³-hybridized carbons (Fsp3) is 0.182. The van der Waals surface area contributed by atoms with Crippen LogP contribution in [-0.4, -0.2) is 17.0 Å². The van der Waals surface area contributed by atoms with Crippen molar-refractivity contribution in [2.45, 2.75) is 19.8 Å². The summed E-state index contributed by atoms with van der Waals surface area (Å²) in [5.74, 6) is 0.874. The number of aryl methyl sites for hydroxylation is 2. The van der Waals surface area contributed by atoms with Gasteiger partial charge in [0.25, 0.3) is 0 Å². The zero-order valence-electron chi connectivity index (χ0n) is 16.2. The van der Waals surface area contributed by atoms with Gasteiger partial charge in [-0.25, -0.2) is 0 Å². The third kappa shape index (κ3) is 2.69. The van der Waals surface area contributed by atoms with Crippen LogP contribution in [0.2, 0.25) is 5.02 Å². The van der Waals surface area contributed by atoms with Gasteiger partial charge in [0.05, 0.1) is 17.2 Å². The van der Waals surface area contributed by atoms with Crippen LogP contribution in [0.1, 0.15) is 28.2 Å². The molecule has 0 saturated carbocycles. The molecule has 3 N–H and O–H groups in total. The van der Waals surface area contributed by atoms with Crippen molar-refractivity contribution in [3.05, 3.63) is 69.1 Å². The van der Waals surface area contributed by atoms with E-state index in [1.54, 1.807) is 12.1 Å². The van der Waals surface area contributed by atoms with Gasteiger partial charge < -0.3 is 19.9 Å². The third-order valence-corrected chi connectivity index (χ3v) is 5.86. The smallest absolute Gasteiger partial charge is 0.244 e. The van der Waals surface area contributed by atoms with E-state index < -0.39 is 5.92 Å². The molecule has 0 spiro atoms. The summed E-state index contributed by atoms with van der Waals surface area (Å²) in [5.41, 5.74) is 11.7. The summed E-state index contributed by atoms with van der Waals surface area (Å²) < 4.78 is 16.6. The van der Waals surface area contributed by atoms with Crippen LogP contribution in [0.25, 0.3) is 11.3 Å². The number of benzene rings is 2. The number of nitrogens with zero attached hydrogens (tertiary/aromatic N) is 2. The van der Waals surface area contributed by atoms with Crippen molar-refractivity contribution in [3.8, 4) is 34.7 Å². The summed E-state index contributed by atoms with van der Waals surface area (Å²) in [6.45, 7) is 4.22. The van der Waals surface area contributed by atoms with E-state index in [0.29, 0.717) is 33.5 Å². The maximum Gasteiger partial charge on any atom is 0.244 e. The van der Waals surface area contributed by atoms with Crippen molar-refractivity contribution in [1.29, 1.82) is 5.26 Å². The first-order chi connectivity index (χ1) is 14.5. The second-order valence-corrected chi connectivity index (χ2v) is 7.68. The first-order valence-electron chi connectivity index (χ1n) is 9.30. The van der Waals surface area contributed by atoms with Crippen molar-refractivity contribution in [2.75, 3.05) is 6.79 Å². The number of ether oxygens (including phenoxy) is 3. The van der Waals surface area contributed by atoms with E-state index in [1.807, 2.05) is 19.1 Å². The Bertz CT molecular complexity index is 1270. The highest BCUT2D eigenvalue weighted by atomic mass is 35.5. The average Bonchev–Trinajstić information content (AvgIpc) is 3.34. The maximum atomic E-state index is 9.89. The van der Waals surface area contributed by atoms with Gasteiger partial charge in [-0.05, 0) is 42.7 Å². The number of hydrogen-bond acceptors (Lipinski definition) is 6. The minimum absolute atomic E-state index is 0.00173. The summed E-state index contributed by atoms with van der Waals surface area (Å²) in [7, 11) is 0. The minimum atomic E-state index is -0.573. The minimum Gasteiger partial charge on any atom is -0.454 e. The summed E-state index contributed by atoms with van der Waals surface area (Å²) in [4.78, 5) is 0. The molecule has 2 aliphatic rings. The molecule has 0 radical (unpaired) electrons. The van der Waals surface area contributed by atoms with Crippen molar-refractivity contribution in [1.82, 2.24) is 10.2 Å². The quantitative estimate of drug-likeness (QED) is 0.640. The number of nitrogens with two attached hydrogens (primary N) is 1. The number of hydrogen-bond donors (Lipinski definition) is 2. The highest BCUT2D eigenvalue weighted by molar-refractivity contribution is 6.31. The van der Waals surface area contributed by atoms with Gasteiger partial charge in [0.2, 0.25) is 18.6 Å². The molecular weight excluding hydrogens is 404 g/mol. The van der Waals surface area contributed by atoms with E-state index in [-0.39, 0.29) is 18.2 Å². The molecule has 150 valence electrons. The van der Waals surface area contributed by atoms with E-state index >= 15 is 0 Å². The molecule has 2 aromatic carbocycles. The topological polar surface area (TPSA) is 106 Å². The lowest BCUT2D eigenvalue weighted by molar-refractivity contribution is 0.174. The van der Waals surface area contributed by atoms with Gasteiger partial charge in [0.15, 0.2) is 11.5 Å². The Balaban J connectivity index is 1.75. The summed E-state index contributed by atoms with van der Waals surface area (Å²) >= 11 is 6.61. The second kappa shape index (κ2) is 6.71. The van der Waals surface area contributed by atoms with Gasteiger partial charge in [-0.3, -0.25) is 5.10 Å². The largest absolute Gasteiger partial charge is 0.454 e. The Kier molecular flexibility index (Phi) is 4.12. The number of fused-ring (bicyclic) bond motifs is 2. The lowest BCUT2D eigenvalue weighted by atomic mass is 9.82. The van der Waals surface area contributed by atoms with Gasteiger partial charge in [-0.15, -0.1) is 5.10 Å². The Hall–Kier alpha value is -3.63. The SMILES string of the molecule is Cc1ccc(-c2[nH]nc3c2[C@H](c2cc4c(cc2Cl)OCO4)C(C#N)=C(N)O3)cc1C. The molecule has 3 aromatic rings. The molecule has 0 bridgehead atoms. The number of aromatic amines is 1. The van der Waals surface area contributed by atoms with Crippen molar-refractivity contribution < 1.29 is 14.2 Å². The Morgan fingerprint density at radius 2 is 1.93 bits per heavy atom. The Labute approximate surface area is 177 Å². The lowest BCUT2D eigenvalue weighted by Gasteiger charge is -2.25. The van der Waals surface area contributed by atoms with Gasteiger partial charge in [-0.1, -0.05) is 23.7 Å². The van der Waals surface area contributed by atoms with E-state index in [4.69, 9.17) is 31.5 Å². The number of rotatable bonds is 2. The molecule has 1 atom stereocenters.